The maximum atomic E-state index is 12.3. The second-order valence-corrected chi connectivity index (χ2v) is 5.13. The van der Waals surface area contributed by atoms with E-state index in [0.29, 0.717) is 22.9 Å². The molecule has 2 N–H and O–H groups in total. The molecule has 10 heteroatoms. The number of rotatable bonds is 7. The molecule has 0 heterocycles. The number of hydrogen-bond donors (Lipinski definition) is 2. The third kappa shape index (κ3) is 4.48. The number of amides is 2. The standard InChI is InChI=1S/C17H19N3O7/c1-24-13-6-5-11(20(22)23)9-12(13)19-17(21)18-10-7-14(25-2)16(27-4)15(8-10)26-3/h5-9H,1-4H3,(H2,18,19,21). The van der Waals surface area contributed by atoms with E-state index in [1.807, 2.05) is 0 Å². The number of benzene rings is 2. The van der Waals surface area contributed by atoms with Crippen LogP contribution in [0.5, 0.6) is 23.0 Å². The quantitative estimate of drug-likeness (QED) is 0.561. The van der Waals surface area contributed by atoms with E-state index >= 15 is 0 Å². The molecule has 0 aliphatic rings. The van der Waals surface area contributed by atoms with Gasteiger partial charge in [0.05, 0.1) is 44.7 Å². The smallest absolute Gasteiger partial charge is 0.323 e. The Bertz CT molecular complexity index is 829. The number of nitrogens with zero attached hydrogens (tertiary/aromatic N) is 1. The van der Waals surface area contributed by atoms with Gasteiger partial charge in [0.2, 0.25) is 5.75 Å². The fraction of sp³-hybridized carbons (Fsp3) is 0.235. The largest absolute Gasteiger partial charge is 0.495 e. The molecule has 10 nitrogen and oxygen atoms in total. The molecule has 0 saturated carbocycles. The molecule has 2 aromatic rings. The lowest BCUT2D eigenvalue weighted by molar-refractivity contribution is -0.384. The molecule has 0 aliphatic heterocycles. The number of urea groups is 1. The van der Waals surface area contributed by atoms with Gasteiger partial charge in [0.15, 0.2) is 11.5 Å². The third-order valence-corrected chi connectivity index (χ3v) is 3.56. The lowest BCUT2D eigenvalue weighted by atomic mass is 10.2. The summed E-state index contributed by atoms with van der Waals surface area (Å²) < 4.78 is 20.8. The van der Waals surface area contributed by atoms with Gasteiger partial charge in [0.1, 0.15) is 5.75 Å². The van der Waals surface area contributed by atoms with Crippen LogP contribution in [0.4, 0.5) is 21.9 Å². The van der Waals surface area contributed by atoms with Crippen molar-refractivity contribution in [3.05, 3.63) is 40.4 Å². The van der Waals surface area contributed by atoms with Crippen LogP contribution in [0, 0.1) is 10.1 Å². The number of hydrogen-bond acceptors (Lipinski definition) is 7. The molecule has 2 rings (SSSR count). The Hall–Kier alpha value is -3.69. The van der Waals surface area contributed by atoms with E-state index in [1.165, 1.54) is 46.6 Å². The normalized spacial score (nSPS) is 9.93. The molecule has 27 heavy (non-hydrogen) atoms. The summed E-state index contributed by atoms with van der Waals surface area (Å²) in [4.78, 5) is 22.7. The number of carbonyl (C=O) groups is 1. The van der Waals surface area contributed by atoms with Crippen LogP contribution >= 0.6 is 0 Å². The van der Waals surface area contributed by atoms with Crippen LogP contribution in [-0.4, -0.2) is 39.4 Å². The van der Waals surface area contributed by atoms with Crippen molar-refractivity contribution in [2.75, 3.05) is 39.1 Å². The first-order valence-corrected chi connectivity index (χ1v) is 7.64. The van der Waals surface area contributed by atoms with Gasteiger partial charge >= 0.3 is 6.03 Å². The Labute approximate surface area is 155 Å². The van der Waals surface area contributed by atoms with Gasteiger partial charge in [-0.05, 0) is 6.07 Å². The van der Waals surface area contributed by atoms with E-state index in [9.17, 15) is 14.9 Å². The van der Waals surface area contributed by atoms with Crippen LogP contribution in [0.1, 0.15) is 0 Å². The summed E-state index contributed by atoms with van der Waals surface area (Å²) in [6.45, 7) is 0. The Morgan fingerprint density at radius 3 is 1.96 bits per heavy atom. The summed E-state index contributed by atoms with van der Waals surface area (Å²) in [6, 6.07) is 6.34. The van der Waals surface area contributed by atoms with Crippen LogP contribution < -0.4 is 29.6 Å². The van der Waals surface area contributed by atoms with Gasteiger partial charge in [-0.2, -0.15) is 0 Å². The number of nitro benzene ring substituents is 1. The first-order chi connectivity index (χ1) is 12.9. The molecule has 2 amide bonds. The number of nitro groups is 1. The summed E-state index contributed by atoms with van der Waals surface area (Å²) in [5.41, 5.74) is 0.335. The molecular weight excluding hydrogens is 358 g/mol. The molecule has 0 bridgehead atoms. The average Bonchev–Trinajstić information content (AvgIpc) is 2.66. The van der Waals surface area contributed by atoms with Crippen LogP contribution in [0.15, 0.2) is 30.3 Å². The fourth-order valence-electron chi connectivity index (χ4n) is 2.35. The van der Waals surface area contributed by atoms with Crippen molar-refractivity contribution < 1.29 is 28.7 Å². The molecule has 0 aromatic heterocycles. The highest BCUT2D eigenvalue weighted by Crippen LogP contribution is 2.40. The second kappa shape index (κ2) is 8.61. The Morgan fingerprint density at radius 2 is 1.48 bits per heavy atom. The van der Waals surface area contributed by atoms with Crippen LogP contribution in [0.3, 0.4) is 0 Å². The zero-order valence-electron chi connectivity index (χ0n) is 15.2. The summed E-state index contributed by atoms with van der Waals surface area (Å²) >= 11 is 0. The molecule has 0 aliphatic carbocycles. The van der Waals surface area contributed by atoms with Crippen molar-refractivity contribution in [2.24, 2.45) is 0 Å². The predicted octanol–water partition coefficient (Wildman–Crippen LogP) is 3.27. The van der Waals surface area contributed by atoms with Crippen molar-refractivity contribution in [1.29, 1.82) is 0 Å². The van der Waals surface area contributed by atoms with E-state index in [1.54, 1.807) is 12.1 Å². The van der Waals surface area contributed by atoms with Gasteiger partial charge in [0.25, 0.3) is 5.69 Å². The predicted molar refractivity (Wildman–Crippen MR) is 98.4 cm³/mol. The van der Waals surface area contributed by atoms with Crippen molar-refractivity contribution in [1.82, 2.24) is 0 Å². The first kappa shape index (κ1) is 19.6. The van der Waals surface area contributed by atoms with E-state index in [-0.39, 0.29) is 17.1 Å². The van der Waals surface area contributed by atoms with E-state index in [0.717, 1.165) is 0 Å². The average molecular weight is 377 g/mol. The zero-order valence-corrected chi connectivity index (χ0v) is 15.2. The topological polar surface area (TPSA) is 121 Å². The summed E-state index contributed by atoms with van der Waals surface area (Å²) in [7, 11) is 5.77. The van der Waals surface area contributed by atoms with Gasteiger partial charge < -0.3 is 29.6 Å². The van der Waals surface area contributed by atoms with Crippen molar-refractivity contribution in [3.63, 3.8) is 0 Å². The Morgan fingerprint density at radius 1 is 0.889 bits per heavy atom. The van der Waals surface area contributed by atoms with Gasteiger partial charge in [0, 0.05) is 24.3 Å². The van der Waals surface area contributed by atoms with Crippen LogP contribution in [0.2, 0.25) is 0 Å². The second-order valence-electron chi connectivity index (χ2n) is 5.13. The minimum absolute atomic E-state index is 0.150. The SMILES string of the molecule is COc1ccc([N+](=O)[O-])cc1NC(=O)Nc1cc(OC)c(OC)c(OC)c1. The Kier molecular flexibility index (Phi) is 6.26. The highest BCUT2D eigenvalue weighted by Gasteiger charge is 2.16. The number of carbonyl (C=O) groups excluding carboxylic acids is 1. The molecule has 0 unspecified atom stereocenters. The third-order valence-electron chi connectivity index (χ3n) is 3.56. The molecule has 0 fully saturated rings. The molecular formula is C17H19N3O7. The molecule has 0 saturated heterocycles. The lowest BCUT2D eigenvalue weighted by Crippen LogP contribution is -2.20. The van der Waals surface area contributed by atoms with E-state index < -0.39 is 11.0 Å². The van der Waals surface area contributed by atoms with Gasteiger partial charge in [-0.15, -0.1) is 0 Å². The van der Waals surface area contributed by atoms with Crippen molar-refractivity contribution in [3.8, 4) is 23.0 Å². The number of non-ortho nitro benzene ring substituents is 1. The molecule has 0 atom stereocenters. The summed E-state index contributed by atoms with van der Waals surface area (Å²) in [6.07, 6.45) is 0. The number of anilines is 2. The first-order valence-electron chi connectivity index (χ1n) is 7.64. The highest BCUT2D eigenvalue weighted by atomic mass is 16.6. The van der Waals surface area contributed by atoms with Gasteiger partial charge in [-0.3, -0.25) is 10.1 Å². The number of methoxy groups -OCH3 is 4. The summed E-state index contributed by atoms with van der Waals surface area (Å²) in [5, 5.41) is 16.0. The maximum Gasteiger partial charge on any atom is 0.323 e. The molecule has 2 aromatic carbocycles. The lowest BCUT2D eigenvalue weighted by Gasteiger charge is -2.15. The number of nitrogens with one attached hydrogen (secondary N) is 2. The van der Waals surface area contributed by atoms with Gasteiger partial charge in [-0.25, -0.2) is 4.79 Å². The van der Waals surface area contributed by atoms with Crippen molar-refractivity contribution in [2.45, 2.75) is 0 Å². The zero-order chi connectivity index (χ0) is 20.0. The van der Waals surface area contributed by atoms with Gasteiger partial charge in [-0.1, -0.05) is 0 Å². The van der Waals surface area contributed by atoms with Crippen LogP contribution in [-0.2, 0) is 0 Å². The van der Waals surface area contributed by atoms with E-state index in [2.05, 4.69) is 10.6 Å². The van der Waals surface area contributed by atoms with E-state index in [4.69, 9.17) is 18.9 Å². The number of ether oxygens (including phenoxy) is 4. The maximum absolute atomic E-state index is 12.3. The van der Waals surface area contributed by atoms with Crippen LogP contribution in [0.25, 0.3) is 0 Å². The minimum atomic E-state index is -0.636. The fourth-order valence-corrected chi connectivity index (χ4v) is 2.35. The van der Waals surface area contributed by atoms with Crippen molar-refractivity contribution >= 4 is 23.1 Å². The molecule has 144 valence electrons. The minimum Gasteiger partial charge on any atom is -0.495 e. The Balaban J connectivity index is 2.26. The highest BCUT2D eigenvalue weighted by molar-refractivity contribution is 6.01. The monoisotopic (exact) mass is 377 g/mol. The molecule has 0 radical (unpaired) electrons. The summed E-state index contributed by atoms with van der Waals surface area (Å²) in [5.74, 6) is 1.38. The molecule has 0 spiro atoms.